The van der Waals surface area contributed by atoms with Crippen molar-refractivity contribution in [2.24, 2.45) is 11.1 Å². The molecule has 1 unspecified atom stereocenters. The van der Waals surface area contributed by atoms with Crippen molar-refractivity contribution in [3.8, 4) is 0 Å². The minimum Gasteiger partial charge on any atom is -0.412 e. The van der Waals surface area contributed by atoms with Crippen molar-refractivity contribution in [2.45, 2.75) is 65.3 Å². The van der Waals surface area contributed by atoms with Gasteiger partial charge in [-0.25, -0.2) is 0 Å². The van der Waals surface area contributed by atoms with E-state index in [0.717, 1.165) is 0 Å². The Hall–Kier alpha value is -0.860. The third-order valence-corrected chi connectivity index (χ3v) is 3.93. The monoisotopic (exact) mass is 265 g/mol. The van der Waals surface area contributed by atoms with Crippen LogP contribution in [0.4, 0.5) is 0 Å². The van der Waals surface area contributed by atoms with Gasteiger partial charge in [0, 0.05) is 6.04 Å². The van der Waals surface area contributed by atoms with Crippen molar-refractivity contribution >= 4 is 0 Å². The molecule has 0 aromatic heterocycles. The van der Waals surface area contributed by atoms with E-state index < -0.39 is 0 Å². The standard InChI is InChI=1S/C17H29N.H2O/c1-4-5-6-7-11-14-17(2,3)16(18)15-12-9-8-10-13-15;/h8-10,12-13,16H,4-7,11,14,18H2,1-3H3;1H2. The molecule has 0 aliphatic rings. The maximum Gasteiger partial charge on any atom is 0.0346 e. The first-order chi connectivity index (χ1) is 8.58. The van der Waals surface area contributed by atoms with Crippen LogP contribution in [0.15, 0.2) is 30.3 Å². The summed E-state index contributed by atoms with van der Waals surface area (Å²) in [6.07, 6.45) is 7.91. The predicted octanol–water partition coefficient (Wildman–Crippen LogP) is 4.25. The van der Waals surface area contributed by atoms with Gasteiger partial charge in [0.25, 0.3) is 0 Å². The fourth-order valence-electron chi connectivity index (χ4n) is 2.45. The zero-order valence-electron chi connectivity index (χ0n) is 12.8. The summed E-state index contributed by atoms with van der Waals surface area (Å²) in [4.78, 5) is 0. The number of unbranched alkanes of at least 4 members (excludes halogenated alkanes) is 4. The molecule has 0 aliphatic carbocycles. The summed E-state index contributed by atoms with van der Waals surface area (Å²) in [5, 5.41) is 0. The number of benzene rings is 1. The molecule has 110 valence electrons. The fourth-order valence-corrected chi connectivity index (χ4v) is 2.45. The van der Waals surface area contributed by atoms with Gasteiger partial charge >= 0.3 is 0 Å². The maximum absolute atomic E-state index is 6.41. The highest BCUT2D eigenvalue weighted by Crippen LogP contribution is 2.36. The molecule has 0 aliphatic heterocycles. The van der Waals surface area contributed by atoms with Crippen LogP contribution in [-0.2, 0) is 0 Å². The van der Waals surface area contributed by atoms with Gasteiger partial charge in [-0.15, -0.1) is 0 Å². The summed E-state index contributed by atoms with van der Waals surface area (Å²) < 4.78 is 0. The first-order valence-electron chi connectivity index (χ1n) is 7.38. The number of hydrogen-bond donors (Lipinski definition) is 1. The summed E-state index contributed by atoms with van der Waals surface area (Å²) in [7, 11) is 0. The van der Waals surface area contributed by atoms with Crippen LogP contribution in [0.1, 0.15) is 70.9 Å². The molecule has 1 aromatic carbocycles. The Morgan fingerprint density at radius 1 is 1.00 bits per heavy atom. The Morgan fingerprint density at radius 3 is 2.16 bits per heavy atom. The largest absolute Gasteiger partial charge is 0.412 e. The molecule has 0 bridgehead atoms. The van der Waals surface area contributed by atoms with Gasteiger partial charge in [0.2, 0.25) is 0 Å². The summed E-state index contributed by atoms with van der Waals surface area (Å²) in [5.41, 5.74) is 7.86. The van der Waals surface area contributed by atoms with Gasteiger partial charge in [-0.05, 0) is 17.4 Å². The average Bonchev–Trinajstić information content (AvgIpc) is 2.38. The first kappa shape index (κ1) is 18.1. The molecule has 2 nitrogen and oxygen atoms in total. The lowest BCUT2D eigenvalue weighted by atomic mass is 9.77. The Bertz CT molecular complexity index is 321. The summed E-state index contributed by atoms with van der Waals surface area (Å²) in [5.74, 6) is 0. The molecule has 2 heteroatoms. The van der Waals surface area contributed by atoms with Crippen LogP contribution in [-0.4, -0.2) is 5.48 Å². The quantitative estimate of drug-likeness (QED) is 0.702. The zero-order valence-corrected chi connectivity index (χ0v) is 12.8. The lowest BCUT2D eigenvalue weighted by Gasteiger charge is -2.32. The average molecular weight is 265 g/mol. The Balaban J connectivity index is 0.00000324. The van der Waals surface area contributed by atoms with E-state index in [1.165, 1.54) is 44.1 Å². The molecule has 0 amide bonds. The van der Waals surface area contributed by atoms with E-state index in [-0.39, 0.29) is 16.9 Å². The molecule has 0 fully saturated rings. The van der Waals surface area contributed by atoms with E-state index in [0.29, 0.717) is 0 Å². The molecule has 0 heterocycles. The van der Waals surface area contributed by atoms with Crippen LogP contribution in [0.3, 0.4) is 0 Å². The minimum atomic E-state index is 0. The lowest BCUT2D eigenvalue weighted by molar-refractivity contribution is 0.255. The van der Waals surface area contributed by atoms with Gasteiger partial charge in [0.15, 0.2) is 0 Å². The van der Waals surface area contributed by atoms with Crippen LogP contribution in [0, 0.1) is 5.41 Å². The molecule has 0 spiro atoms. The topological polar surface area (TPSA) is 57.5 Å². The minimum absolute atomic E-state index is 0. The van der Waals surface area contributed by atoms with E-state index in [1.54, 1.807) is 0 Å². The fraction of sp³-hybridized carbons (Fsp3) is 0.647. The zero-order chi connectivity index (χ0) is 13.4. The maximum atomic E-state index is 6.41. The SMILES string of the molecule is CCCCCCCC(C)(C)C(N)c1ccccc1.O. The van der Waals surface area contributed by atoms with Gasteiger partial charge in [-0.2, -0.15) is 0 Å². The van der Waals surface area contributed by atoms with E-state index in [4.69, 9.17) is 5.73 Å². The molecule has 1 aromatic rings. The van der Waals surface area contributed by atoms with Gasteiger partial charge in [-0.3, -0.25) is 0 Å². The van der Waals surface area contributed by atoms with Crippen molar-refractivity contribution in [2.75, 3.05) is 0 Å². The third kappa shape index (κ3) is 6.22. The molecule has 1 rings (SSSR count). The third-order valence-electron chi connectivity index (χ3n) is 3.93. The van der Waals surface area contributed by atoms with Crippen LogP contribution < -0.4 is 5.73 Å². The Labute approximate surface area is 118 Å². The highest BCUT2D eigenvalue weighted by Gasteiger charge is 2.26. The molecule has 0 saturated carbocycles. The van der Waals surface area contributed by atoms with E-state index in [1.807, 2.05) is 6.07 Å². The first-order valence-corrected chi connectivity index (χ1v) is 7.38. The van der Waals surface area contributed by atoms with Gasteiger partial charge in [-0.1, -0.05) is 83.2 Å². The van der Waals surface area contributed by atoms with Crippen molar-refractivity contribution in [3.05, 3.63) is 35.9 Å². The second-order valence-electron chi connectivity index (χ2n) is 6.04. The van der Waals surface area contributed by atoms with Crippen LogP contribution >= 0.6 is 0 Å². The van der Waals surface area contributed by atoms with Crippen molar-refractivity contribution < 1.29 is 5.48 Å². The predicted molar refractivity (Wildman–Crippen MR) is 84.1 cm³/mol. The highest BCUT2D eigenvalue weighted by atomic mass is 16.0. The second kappa shape index (κ2) is 9.11. The molecule has 19 heavy (non-hydrogen) atoms. The van der Waals surface area contributed by atoms with Crippen molar-refractivity contribution in [1.29, 1.82) is 0 Å². The molecule has 0 saturated heterocycles. The number of nitrogens with two attached hydrogens (primary N) is 1. The molecular weight excluding hydrogens is 234 g/mol. The van der Waals surface area contributed by atoms with E-state index in [2.05, 4.69) is 45.0 Å². The number of hydrogen-bond acceptors (Lipinski definition) is 1. The summed E-state index contributed by atoms with van der Waals surface area (Å²) in [6.45, 7) is 6.85. The normalized spacial score (nSPS) is 12.8. The molecular formula is C17H31NO. The molecule has 1 atom stereocenters. The van der Waals surface area contributed by atoms with Crippen LogP contribution in [0.2, 0.25) is 0 Å². The molecule has 0 radical (unpaired) electrons. The lowest BCUT2D eigenvalue weighted by Crippen LogP contribution is -2.29. The molecule has 4 N–H and O–H groups in total. The smallest absolute Gasteiger partial charge is 0.0346 e. The second-order valence-corrected chi connectivity index (χ2v) is 6.04. The van der Waals surface area contributed by atoms with Crippen LogP contribution in [0.25, 0.3) is 0 Å². The number of rotatable bonds is 8. The Morgan fingerprint density at radius 2 is 1.58 bits per heavy atom. The van der Waals surface area contributed by atoms with Gasteiger partial charge < -0.3 is 11.2 Å². The van der Waals surface area contributed by atoms with Crippen LogP contribution in [0.5, 0.6) is 0 Å². The van der Waals surface area contributed by atoms with E-state index in [9.17, 15) is 0 Å². The van der Waals surface area contributed by atoms with E-state index >= 15 is 0 Å². The summed E-state index contributed by atoms with van der Waals surface area (Å²) >= 11 is 0. The van der Waals surface area contributed by atoms with Gasteiger partial charge in [0.05, 0.1) is 0 Å². The van der Waals surface area contributed by atoms with Crippen molar-refractivity contribution in [1.82, 2.24) is 0 Å². The summed E-state index contributed by atoms with van der Waals surface area (Å²) in [6, 6.07) is 10.6. The van der Waals surface area contributed by atoms with Gasteiger partial charge in [0.1, 0.15) is 0 Å². The van der Waals surface area contributed by atoms with Crippen molar-refractivity contribution in [3.63, 3.8) is 0 Å². The Kier molecular flexibility index (Phi) is 8.70. The highest BCUT2D eigenvalue weighted by molar-refractivity contribution is 5.20.